The van der Waals surface area contributed by atoms with E-state index in [2.05, 4.69) is 15.4 Å². The minimum atomic E-state index is -1.07. The number of fused-ring (bicyclic) bond motifs is 1. The molecule has 8 nitrogen and oxygen atoms in total. The van der Waals surface area contributed by atoms with Crippen LogP contribution in [0.4, 0.5) is 14.5 Å². The van der Waals surface area contributed by atoms with Gasteiger partial charge in [-0.05, 0) is 49.2 Å². The average molecular weight is 467 g/mol. The zero-order chi connectivity index (χ0) is 24.2. The lowest BCUT2D eigenvalue weighted by atomic mass is 10.1. The molecule has 1 aliphatic rings. The number of pyridine rings is 1. The highest BCUT2D eigenvalue weighted by Gasteiger charge is 2.29. The van der Waals surface area contributed by atoms with Gasteiger partial charge in [0.1, 0.15) is 5.70 Å². The number of carbonyl (C=O) groups is 1. The molecule has 10 heteroatoms. The van der Waals surface area contributed by atoms with Gasteiger partial charge in [0.25, 0.3) is 11.5 Å². The van der Waals surface area contributed by atoms with Crippen molar-refractivity contribution >= 4 is 28.2 Å². The van der Waals surface area contributed by atoms with Crippen LogP contribution in [-0.2, 0) is 4.74 Å². The van der Waals surface area contributed by atoms with E-state index < -0.39 is 17.2 Å². The summed E-state index contributed by atoms with van der Waals surface area (Å²) >= 11 is 0. The smallest absolute Gasteiger partial charge is 0.258 e. The lowest BCUT2D eigenvalue weighted by Crippen LogP contribution is -2.38. The quantitative estimate of drug-likeness (QED) is 0.444. The second-order valence-corrected chi connectivity index (χ2v) is 7.98. The van der Waals surface area contributed by atoms with Crippen molar-refractivity contribution in [2.75, 3.05) is 25.6 Å². The Hall–Kier alpha value is -3.92. The minimum absolute atomic E-state index is 0.00693. The van der Waals surface area contributed by atoms with Crippen LogP contribution in [0.5, 0.6) is 0 Å². The van der Waals surface area contributed by atoms with Crippen LogP contribution in [0.25, 0.3) is 16.6 Å². The molecule has 34 heavy (non-hydrogen) atoms. The number of hydrogen-bond donors (Lipinski definition) is 3. The molecule has 3 N–H and O–H groups in total. The second-order valence-electron chi connectivity index (χ2n) is 7.98. The number of anilines is 1. The predicted molar refractivity (Wildman–Crippen MR) is 124 cm³/mol. The molecular weight excluding hydrogens is 444 g/mol. The molecule has 1 fully saturated rings. The van der Waals surface area contributed by atoms with Crippen molar-refractivity contribution in [1.82, 2.24) is 9.88 Å². The molecule has 0 radical (unpaired) electrons. The summed E-state index contributed by atoms with van der Waals surface area (Å²) in [5.41, 5.74) is 8.16. The Balaban J connectivity index is 1.53. The van der Waals surface area contributed by atoms with Crippen molar-refractivity contribution in [2.45, 2.75) is 18.9 Å². The van der Waals surface area contributed by atoms with E-state index >= 15 is 0 Å². The largest absolute Gasteiger partial charge is 0.383 e. The third-order valence-electron chi connectivity index (χ3n) is 5.79. The molecule has 0 bridgehead atoms. The number of carbonyl (C=O) groups excluding carboxylic acids is 1. The number of H-pyrrole nitrogens is 1. The molecule has 0 spiro atoms. The molecule has 3 aromatic rings. The van der Waals surface area contributed by atoms with Crippen molar-refractivity contribution in [3.8, 4) is 0 Å². The van der Waals surface area contributed by atoms with Crippen LogP contribution < -0.4 is 10.9 Å². The van der Waals surface area contributed by atoms with E-state index in [0.717, 1.165) is 25.0 Å². The Labute approximate surface area is 193 Å². The van der Waals surface area contributed by atoms with Gasteiger partial charge >= 0.3 is 0 Å². The monoisotopic (exact) mass is 467 g/mol. The van der Waals surface area contributed by atoms with Crippen LogP contribution in [0.15, 0.2) is 58.6 Å². The number of ether oxygens (including phenoxy) is 1. The molecule has 1 aromatic heterocycles. The summed E-state index contributed by atoms with van der Waals surface area (Å²) in [6.45, 7) is 1.20. The van der Waals surface area contributed by atoms with E-state index in [1.54, 1.807) is 31.4 Å². The van der Waals surface area contributed by atoms with Crippen molar-refractivity contribution in [3.63, 3.8) is 0 Å². The van der Waals surface area contributed by atoms with Crippen LogP contribution in [0.3, 0.4) is 0 Å². The Bertz CT molecular complexity index is 1320. The Morgan fingerprint density at radius 1 is 1.26 bits per heavy atom. The molecule has 2 aromatic carbocycles. The Morgan fingerprint density at radius 3 is 2.71 bits per heavy atom. The van der Waals surface area contributed by atoms with Gasteiger partial charge in [-0.15, -0.1) is 0 Å². The molecule has 1 atom stereocenters. The van der Waals surface area contributed by atoms with Crippen LogP contribution >= 0.6 is 0 Å². The third kappa shape index (κ3) is 4.72. The number of aromatic amines is 1. The number of aromatic nitrogens is 1. The number of rotatable bonds is 7. The van der Waals surface area contributed by atoms with Crippen molar-refractivity contribution in [1.29, 1.82) is 5.53 Å². The van der Waals surface area contributed by atoms with Gasteiger partial charge in [-0.25, -0.2) is 14.3 Å². The predicted octanol–water partition coefficient (Wildman–Crippen LogP) is 4.50. The standard InChI is InChI=1S/C24H23F2N5O3/c1-34-13-17-3-2-8-31(17)24(33)14-4-6-16(7-5-14)28-12-22(30-27)18-9-15-10-19(25)20(26)11-21(15)29-23(18)32/h4-7,9-12,17,27-28H,2-3,8,13H2,1H3,(H,29,32)/b22-12-,30-27?/t17-/m0/s1. The number of benzene rings is 2. The summed E-state index contributed by atoms with van der Waals surface area (Å²) < 4.78 is 32.2. The maximum absolute atomic E-state index is 13.6. The van der Waals surface area contributed by atoms with Gasteiger partial charge in [-0.1, -0.05) is 0 Å². The molecule has 176 valence electrons. The number of amides is 1. The average Bonchev–Trinajstić information content (AvgIpc) is 3.29. The molecule has 0 aliphatic carbocycles. The number of halogens is 2. The molecule has 1 amide bonds. The zero-order valence-electron chi connectivity index (χ0n) is 18.4. The maximum atomic E-state index is 13.6. The highest BCUT2D eigenvalue weighted by atomic mass is 19.2. The lowest BCUT2D eigenvalue weighted by molar-refractivity contribution is 0.0630. The highest BCUT2D eigenvalue weighted by molar-refractivity contribution is 5.95. The van der Waals surface area contributed by atoms with Gasteiger partial charge in [0.15, 0.2) is 11.6 Å². The molecule has 0 unspecified atom stereocenters. The van der Waals surface area contributed by atoms with E-state index in [1.165, 1.54) is 12.3 Å². The third-order valence-corrected chi connectivity index (χ3v) is 5.79. The number of nitrogens with one attached hydrogen (secondary N) is 3. The highest BCUT2D eigenvalue weighted by Crippen LogP contribution is 2.23. The first kappa shape index (κ1) is 23.2. The summed E-state index contributed by atoms with van der Waals surface area (Å²) in [7, 11) is 1.62. The topological polar surface area (TPSA) is 111 Å². The fourth-order valence-electron chi connectivity index (χ4n) is 4.06. The van der Waals surface area contributed by atoms with Crippen molar-refractivity contribution < 1.29 is 18.3 Å². The second kappa shape index (κ2) is 9.92. The summed E-state index contributed by atoms with van der Waals surface area (Å²) in [4.78, 5) is 29.6. The number of nitrogens with zero attached hydrogens (tertiary/aromatic N) is 2. The Morgan fingerprint density at radius 2 is 2.00 bits per heavy atom. The molecule has 0 saturated carbocycles. The van der Waals surface area contributed by atoms with Gasteiger partial charge in [0.2, 0.25) is 0 Å². The lowest BCUT2D eigenvalue weighted by Gasteiger charge is -2.24. The van der Waals surface area contributed by atoms with E-state index in [-0.39, 0.29) is 34.1 Å². The molecule has 4 rings (SSSR count). The van der Waals surface area contributed by atoms with Gasteiger partial charge in [0.05, 0.1) is 23.7 Å². The van der Waals surface area contributed by atoms with E-state index in [4.69, 9.17) is 10.3 Å². The summed E-state index contributed by atoms with van der Waals surface area (Å²) in [5.74, 6) is -2.18. The van der Waals surface area contributed by atoms with Crippen LogP contribution in [0, 0.1) is 17.2 Å². The first-order valence-electron chi connectivity index (χ1n) is 10.7. The number of likely N-dealkylation sites (tertiary alicyclic amines) is 1. The molecule has 1 saturated heterocycles. The Kier molecular flexibility index (Phi) is 6.78. The van der Waals surface area contributed by atoms with E-state index in [0.29, 0.717) is 24.4 Å². The summed E-state index contributed by atoms with van der Waals surface area (Å²) in [5, 5.41) is 6.60. The fourth-order valence-corrected chi connectivity index (χ4v) is 4.06. The summed E-state index contributed by atoms with van der Waals surface area (Å²) in [6, 6.07) is 10.1. The van der Waals surface area contributed by atoms with Crippen LogP contribution in [0.1, 0.15) is 28.8 Å². The van der Waals surface area contributed by atoms with Gasteiger partial charge in [-0.3, -0.25) is 9.59 Å². The first-order valence-corrected chi connectivity index (χ1v) is 10.7. The maximum Gasteiger partial charge on any atom is 0.258 e. The first-order chi connectivity index (χ1) is 16.4. The molecule has 2 heterocycles. The normalized spacial score (nSPS) is 16.1. The summed E-state index contributed by atoms with van der Waals surface area (Å²) in [6.07, 6.45) is 3.22. The van der Waals surface area contributed by atoms with E-state index in [9.17, 15) is 18.4 Å². The SMILES string of the molecule is COC[C@@H]1CCCN1C(=O)c1ccc(N/C=C(\N=N)c2cc3cc(F)c(F)cc3[nH]c2=O)cc1. The number of methoxy groups -OCH3 is 1. The van der Waals surface area contributed by atoms with Crippen molar-refractivity contribution in [2.24, 2.45) is 5.11 Å². The van der Waals surface area contributed by atoms with E-state index in [1.807, 2.05) is 4.90 Å². The zero-order valence-corrected chi connectivity index (χ0v) is 18.4. The van der Waals surface area contributed by atoms with Crippen LogP contribution in [0.2, 0.25) is 0 Å². The molecular formula is C24H23F2N5O3. The van der Waals surface area contributed by atoms with Gasteiger partial charge in [0, 0.05) is 42.6 Å². The van der Waals surface area contributed by atoms with Gasteiger partial charge in [-0.2, -0.15) is 5.11 Å². The molecule has 1 aliphatic heterocycles. The van der Waals surface area contributed by atoms with Gasteiger partial charge < -0.3 is 19.9 Å². The van der Waals surface area contributed by atoms with Crippen molar-refractivity contribution in [3.05, 3.63) is 81.8 Å². The number of hydrogen-bond acceptors (Lipinski definition) is 6. The van der Waals surface area contributed by atoms with Crippen LogP contribution in [-0.4, -0.2) is 42.1 Å². The fraction of sp³-hybridized carbons (Fsp3) is 0.250. The minimum Gasteiger partial charge on any atom is -0.383 e.